The standard InChI is InChI=1S/C16H22N4O/c1-12(2)17-9-14-11-20(19-18-14)10-13-7-8-21-16-6-4-3-5-15(13)16/h3-6,11-13,17H,7-10H2,1-2H3. The summed E-state index contributed by atoms with van der Waals surface area (Å²) in [5, 5.41) is 11.8. The van der Waals surface area contributed by atoms with E-state index in [4.69, 9.17) is 4.74 Å². The summed E-state index contributed by atoms with van der Waals surface area (Å²) in [5.41, 5.74) is 2.27. The summed E-state index contributed by atoms with van der Waals surface area (Å²) in [6.45, 7) is 6.65. The van der Waals surface area contributed by atoms with Crippen LogP contribution in [-0.2, 0) is 13.1 Å². The third kappa shape index (κ3) is 3.42. The van der Waals surface area contributed by atoms with Crippen LogP contribution in [0.4, 0.5) is 0 Å². The highest BCUT2D eigenvalue weighted by atomic mass is 16.5. The van der Waals surface area contributed by atoms with Gasteiger partial charge < -0.3 is 10.1 Å². The second-order valence-electron chi connectivity index (χ2n) is 5.84. The second-order valence-corrected chi connectivity index (χ2v) is 5.84. The quantitative estimate of drug-likeness (QED) is 0.916. The monoisotopic (exact) mass is 286 g/mol. The van der Waals surface area contributed by atoms with E-state index in [1.165, 1.54) is 5.56 Å². The van der Waals surface area contributed by atoms with Crippen molar-refractivity contribution in [1.82, 2.24) is 20.3 Å². The molecule has 0 aliphatic carbocycles. The lowest BCUT2D eigenvalue weighted by atomic mass is 9.93. The molecule has 112 valence electrons. The van der Waals surface area contributed by atoms with Crippen LogP contribution in [-0.4, -0.2) is 27.6 Å². The van der Waals surface area contributed by atoms with Gasteiger partial charge in [-0.25, -0.2) is 0 Å². The van der Waals surface area contributed by atoms with E-state index in [1.54, 1.807) is 0 Å². The summed E-state index contributed by atoms with van der Waals surface area (Å²) in [5.74, 6) is 1.46. The minimum atomic E-state index is 0.447. The van der Waals surface area contributed by atoms with E-state index in [9.17, 15) is 0 Å². The minimum Gasteiger partial charge on any atom is -0.493 e. The Balaban J connectivity index is 1.67. The SMILES string of the molecule is CC(C)NCc1cn(CC2CCOc3ccccc32)nn1. The molecule has 1 atom stereocenters. The van der Waals surface area contributed by atoms with Crippen molar-refractivity contribution in [3.8, 4) is 5.75 Å². The molecule has 0 saturated heterocycles. The van der Waals surface area contributed by atoms with Gasteiger partial charge in [-0.2, -0.15) is 0 Å². The molecule has 0 fully saturated rings. The maximum atomic E-state index is 5.71. The highest BCUT2D eigenvalue weighted by Gasteiger charge is 2.21. The number of hydrogen-bond donors (Lipinski definition) is 1. The summed E-state index contributed by atoms with van der Waals surface area (Å²) in [4.78, 5) is 0. The highest BCUT2D eigenvalue weighted by Crippen LogP contribution is 2.34. The Bertz CT molecular complexity index is 593. The van der Waals surface area contributed by atoms with Crippen LogP contribution in [0.1, 0.15) is 37.4 Å². The lowest BCUT2D eigenvalue weighted by Crippen LogP contribution is -2.22. The molecule has 21 heavy (non-hydrogen) atoms. The number of fused-ring (bicyclic) bond motifs is 1. The molecule has 3 rings (SSSR count). The Morgan fingerprint density at radius 3 is 3.10 bits per heavy atom. The number of benzene rings is 1. The minimum absolute atomic E-state index is 0.447. The molecule has 5 nitrogen and oxygen atoms in total. The highest BCUT2D eigenvalue weighted by molar-refractivity contribution is 5.37. The van der Waals surface area contributed by atoms with Crippen LogP contribution in [0.3, 0.4) is 0 Å². The third-order valence-corrected chi connectivity index (χ3v) is 3.77. The molecule has 0 radical (unpaired) electrons. The van der Waals surface area contributed by atoms with Gasteiger partial charge in [0, 0.05) is 31.2 Å². The van der Waals surface area contributed by atoms with Crippen LogP contribution in [0.2, 0.25) is 0 Å². The number of rotatable bonds is 5. The van der Waals surface area contributed by atoms with E-state index in [-0.39, 0.29) is 0 Å². The topological polar surface area (TPSA) is 52.0 Å². The third-order valence-electron chi connectivity index (χ3n) is 3.77. The molecule has 5 heteroatoms. The Labute approximate surface area is 125 Å². The van der Waals surface area contributed by atoms with Crippen molar-refractivity contribution in [3.63, 3.8) is 0 Å². The molecule has 1 aliphatic heterocycles. The fourth-order valence-electron chi connectivity index (χ4n) is 2.65. The Hall–Kier alpha value is -1.88. The van der Waals surface area contributed by atoms with Crippen LogP contribution in [0.25, 0.3) is 0 Å². The average molecular weight is 286 g/mol. The molecule has 2 aromatic rings. The second kappa shape index (κ2) is 6.26. The maximum Gasteiger partial charge on any atom is 0.122 e. The van der Waals surface area contributed by atoms with Crippen molar-refractivity contribution < 1.29 is 4.74 Å². The Kier molecular flexibility index (Phi) is 4.20. The van der Waals surface area contributed by atoms with Crippen molar-refractivity contribution in [2.45, 2.75) is 45.3 Å². The first-order valence-electron chi connectivity index (χ1n) is 7.56. The van der Waals surface area contributed by atoms with Crippen molar-refractivity contribution >= 4 is 0 Å². The van der Waals surface area contributed by atoms with Crippen LogP contribution in [0, 0.1) is 0 Å². The first kappa shape index (κ1) is 14.1. The van der Waals surface area contributed by atoms with Crippen LogP contribution in [0.15, 0.2) is 30.5 Å². The first-order valence-corrected chi connectivity index (χ1v) is 7.56. The molecule has 1 aromatic heterocycles. The van der Waals surface area contributed by atoms with Crippen molar-refractivity contribution in [2.24, 2.45) is 0 Å². The number of aromatic nitrogens is 3. The summed E-state index contributed by atoms with van der Waals surface area (Å²) in [6.07, 6.45) is 3.06. The van der Waals surface area contributed by atoms with Gasteiger partial charge in [0.2, 0.25) is 0 Å². The summed E-state index contributed by atoms with van der Waals surface area (Å²) in [6, 6.07) is 8.74. The van der Waals surface area contributed by atoms with Crippen molar-refractivity contribution in [2.75, 3.05) is 6.61 Å². The molecule has 1 aromatic carbocycles. The molecule has 0 amide bonds. The Morgan fingerprint density at radius 1 is 1.38 bits per heavy atom. The molecular weight excluding hydrogens is 264 g/mol. The average Bonchev–Trinajstić information content (AvgIpc) is 2.93. The number of para-hydroxylation sites is 1. The van der Waals surface area contributed by atoms with E-state index >= 15 is 0 Å². The van der Waals surface area contributed by atoms with Crippen LogP contribution < -0.4 is 10.1 Å². The van der Waals surface area contributed by atoms with E-state index in [1.807, 2.05) is 23.0 Å². The van der Waals surface area contributed by atoms with Gasteiger partial charge in [0.15, 0.2) is 0 Å². The first-order chi connectivity index (χ1) is 10.2. The lowest BCUT2D eigenvalue weighted by Gasteiger charge is -2.25. The molecule has 1 N–H and O–H groups in total. The number of nitrogens with one attached hydrogen (secondary N) is 1. The van der Waals surface area contributed by atoms with Gasteiger partial charge in [0.1, 0.15) is 5.75 Å². The lowest BCUT2D eigenvalue weighted by molar-refractivity contribution is 0.256. The molecule has 0 saturated carbocycles. The predicted molar refractivity (Wildman–Crippen MR) is 81.3 cm³/mol. The van der Waals surface area contributed by atoms with Gasteiger partial charge in [-0.05, 0) is 18.1 Å². The fourth-order valence-corrected chi connectivity index (χ4v) is 2.65. The van der Waals surface area contributed by atoms with Gasteiger partial charge >= 0.3 is 0 Å². The largest absolute Gasteiger partial charge is 0.493 e. The van der Waals surface area contributed by atoms with Crippen LogP contribution in [0.5, 0.6) is 5.75 Å². The zero-order valence-corrected chi connectivity index (χ0v) is 12.6. The maximum absolute atomic E-state index is 5.71. The summed E-state index contributed by atoms with van der Waals surface area (Å²) < 4.78 is 7.65. The molecule has 2 heterocycles. The molecule has 0 bridgehead atoms. The van der Waals surface area contributed by atoms with Crippen LogP contribution >= 0.6 is 0 Å². The summed E-state index contributed by atoms with van der Waals surface area (Å²) in [7, 11) is 0. The molecule has 0 spiro atoms. The number of hydrogen-bond acceptors (Lipinski definition) is 4. The Morgan fingerprint density at radius 2 is 2.24 bits per heavy atom. The van der Waals surface area contributed by atoms with Gasteiger partial charge in [-0.3, -0.25) is 4.68 Å². The number of ether oxygens (including phenoxy) is 1. The van der Waals surface area contributed by atoms with Gasteiger partial charge in [0.05, 0.1) is 12.3 Å². The van der Waals surface area contributed by atoms with Gasteiger partial charge in [0.25, 0.3) is 0 Å². The smallest absolute Gasteiger partial charge is 0.122 e. The molecule has 1 aliphatic rings. The summed E-state index contributed by atoms with van der Waals surface area (Å²) >= 11 is 0. The van der Waals surface area contributed by atoms with Crippen molar-refractivity contribution in [3.05, 3.63) is 41.7 Å². The molecular formula is C16H22N4O. The fraction of sp³-hybridized carbons (Fsp3) is 0.500. The van der Waals surface area contributed by atoms with E-state index in [2.05, 4.69) is 41.6 Å². The zero-order valence-electron chi connectivity index (χ0n) is 12.6. The van der Waals surface area contributed by atoms with Gasteiger partial charge in [-0.1, -0.05) is 37.3 Å². The number of nitrogens with zero attached hydrogens (tertiary/aromatic N) is 3. The molecule has 1 unspecified atom stereocenters. The van der Waals surface area contributed by atoms with E-state index in [0.717, 1.165) is 37.6 Å². The normalized spacial score (nSPS) is 17.6. The van der Waals surface area contributed by atoms with E-state index < -0.39 is 0 Å². The zero-order chi connectivity index (χ0) is 14.7. The predicted octanol–water partition coefficient (Wildman–Crippen LogP) is 2.34. The van der Waals surface area contributed by atoms with Crippen molar-refractivity contribution in [1.29, 1.82) is 0 Å². The van der Waals surface area contributed by atoms with E-state index in [0.29, 0.717) is 12.0 Å². The van der Waals surface area contributed by atoms with Gasteiger partial charge in [-0.15, -0.1) is 5.10 Å².